The van der Waals surface area contributed by atoms with E-state index < -0.39 is 11.6 Å². The van der Waals surface area contributed by atoms with Gasteiger partial charge in [0, 0.05) is 27.1 Å². The van der Waals surface area contributed by atoms with Gasteiger partial charge in [-0.25, -0.2) is 8.78 Å². The molecule has 3 rings (SSSR count). The van der Waals surface area contributed by atoms with Gasteiger partial charge < -0.3 is 4.57 Å². The van der Waals surface area contributed by atoms with Crippen molar-refractivity contribution in [2.75, 3.05) is 0 Å². The molecular formula is C15H9Br2F2N. The normalized spacial score (nSPS) is 11.2. The summed E-state index contributed by atoms with van der Waals surface area (Å²) in [5.41, 5.74) is 0.992. The molecule has 0 saturated carbocycles. The zero-order chi connectivity index (χ0) is 14.3. The Morgan fingerprint density at radius 1 is 1.00 bits per heavy atom. The van der Waals surface area contributed by atoms with E-state index in [1.165, 1.54) is 12.1 Å². The standard InChI is InChI=1S/C15H9Br2F2N/c16-10-1-4-14-9(7-10)5-6-20(14)8-11-13(18)3-2-12(17)15(11)19/h1-7H,8H2. The van der Waals surface area contributed by atoms with Crippen molar-refractivity contribution in [1.82, 2.24) is 4.57 Å². The second kappa shape index (κ2) is 5.30. The Hall–Kier alpha value is -1.20. The van der Waals surface area contributed by atoms with Crippen LogP contribution in [0.25, 0.3) is 10.9 Å². The lowest BCUT2D eigenvalue weighted by Crippen LogP contribution is -2.04. The van der Waals surface area contributed by atoms with Crippen LogP contribution in [0.3, 0.4) is 0 Å². The average molecular weight is 401 g/mol. The third-order valence-corrected chi connectivity index (χ3v) is 4.31. The number of hydrogen-bond acceptors (Lipinski definition) is 0. The molecule has 0 unspecified atom stereocenters. The molecule has 1 nitrogen and oxygen atoms in total. The van der Waals surface area contributed by atoms with E-state index in [4.69, 9.17) is 0 Å². The van der Waals surface area contributed by atoms with Crippen LogP contribution in [-0.4, -0.2) is 4.57 Å². The number of hydrogen-bond donors (Lipinski definition) is 0. The van der Waals surface area contributed by atoms with Crippen LogP contribution in [0.4, 0.5) is 8.78 Å². The molecule has 0 atom stereocenters. The molecule has 5 heteroatoms. The Morgan fingerprint density at radius 3 is 2.60 bits per heavy atom. The molecule has 0 radical (unpaired) electrons. The summed E-state index contributed by atoms with van der Waals surface area (Å²) in [6.45, 7) is 0.155. The maximum atomic E-state index is 14.0. The maximum Gasteiger partial charge on any atom is 0.145 e. The molecule has 0 aliphatic heterocycles. The molecular weight excluding hydrogens is 392 g/mol. The molecule has 102 valence electrons. The van der Waals surface area contributed by atoms with Gasteiger partial charge in [0.1, 0.15) is 11.6 Å². The monoisotopic (exact) mass is 399 g/mol. The van der Waals surface area contributed by atoms with Crippen molar-refractivity contribution in [1.29, 1.82) is 0 Å². The van der Waals surface area contributed by atoms with E-state index in [-0.39, 0.29) is 16.6 Å². The first-order valence-corrected chi connectivity index (χ1v) is 7.51. The maximum absolute atomic E-state index is 14.0. The minimum absolute atomic E-state index is 0.0554. The van der Waals surface area contributed by atoms with Gasteiger partial charge in [0.15, 0.2) is 0 Å². The molecule has 0 saturated heterocycles. The van der Waals surface area contributed by atoms with Gasteiger partial charge >= 0.3 is 0 Å². The lowest BCUT2D eigenvalue weighted by molar-refractivity contribution is 0.543. The second-order valence-corrected chi connectivity index (χ2v) is 6.24. The molecule has 0 spiro atoms. The van der Waals surface area contributed by atoms with Crippen molar-refractivity contribution in [3.63, 3.8) is 0 Å². The summed E-state index contributed by atoms with van der Waals surface area (Å²) in [7, 11) is 0. The summed E-state index contributed by atoms with van der Waals surface area (Å²) in [6.07, 6.45) is 1.83. The van der Waals surface area contributed by atoms with Crippen molar-refractivity contribution < 1.29 is 8.78 Å². The van der Waals surface area contributed by atoms with Crippen molar-refractivity contribution in [2.24, 2.45) is 0 Å². The van der Waals surface area contributed by atoms with Crippen molar-refractivity contribution >= 4 is 42.8 Å². The minimum Gasteiger partial charge on any atom is -0.343 e. The Balaban J connectivity index is 2.08. The molecule has 0 amide bonds. The summed E-state index contributed by atoms with van der Waals surface area (Å²) in [5, 5.41) is 1.02. The predicted molar refractivity (Wildman–Crippen MR) is 82.8 cm³/mol. The van der Waals surface area contributed by atoms with Gasteiger partial charge in [-0.05, 0) is 52.3 Å². The number of halogens is 4. The zero-order valence-corrected chi connectivity index (χ0v) is 13.4. The summed E-state index contributed by atoms with van der Waals surface area (Å²) in [5.74, 6) is -1.09. The Bertz CT molecular complexity index is 796. The Kier molecular flexibility index (Phi) is 3.65. The smallest absolute Gasteiger partial charge is 0.145 e. The van der Waals surface area contributed by atoms with E-state index in [0.29, 0.717) is 0 Å². The van der Waals surface area contributed by atoms with Crippen LogP contribution in [0.2, 0.25) is 0 Å². The topological polar surface area (TPSA) is 4.93 Å². The molecule has 2 aromatic carbocycles. The van der Waals surface area contributed by atoms with E-state index in [1.54, 1.807) is 0 Å². The Labute approximate surface area is 131 Å². The number of nitrogens with zero attached hydrogens (tertiary/aromatic N) is 1. The zero-order valence-electron chi connectivity index (χ0n) is 10.2. The van der Waals surface area contributed by atoms with Crippen LogP contribution >= 0.6 is 31.9 Å². The highest BCUT2D eigenvalue weighted by molar-refractivity contribution is 9.10. The first kappa shape index (κ1) is 13.8. The lowest BCUT2D eigenvalue weighted by Gasteiger charge is -2.09. The fraction of sp³-hybridized carbons (Fsp3) is 0.0667. The average Bonchev–Trinajstić information content (AvgIpc) is 2.81. The summed E-state index contributed by atoms with van der Waals surface area (Å²) in [6, 6.07) is 10.4. The van der Waals surface area contributed by atoms with E-state index in [2.05, 4.69) is 31.9 Å². The molecule has 0 aliphatic rings. The van der Waals surface area contributed by atoms with Crippen molar-refractivity contribution in [3.8, 4) is 0 Å². The molecule has 3 aromatic rings. The Morgan fingerprint density at radius 2 is 1.80 bits per heavy atom. The summed E-state index contributed by atoms with van der Waals surface area (Å²) < 4.78 is 30.9. The molecule has 1 heterocycles. The molecule has 0 fully saturated rings. The van der Waals surface area contributed by atoms with Crippen LogP contribution in [0, 0.1) is 11.6 Å². The molecule has 1 aromatic heterocycles. The third-order valence-electron chi connectivity index (χ3n) is 3.20. The van der Waals surface area contributed by atoms with Crippen LogP contribution in [0.1, 0.15) is 5.56 Å². The van der Waals surface area contributed by atoms with Gasteiger partial charge in [-0.1, -0.05) is 15.9 Å². The van der Waals surface area contributed by atoms with Gasteiger partial charge in [0.05, 0.1) is 11.0 Å². The molecule has 20 heavy (non-hydrogen) atoms. The number of fused-ring (bicyclic) bond motifs is 1. The van der Waals surface area contributed by atoms with E-state index in [9.17, 15) is 8.78 Å². The van der Waals surface area contributed by atoms with Gasteiger partial charge in [-0.15, -0.1) is 0 Å². The number of rotatable bonds is 2. The lowest BCUT2D eigenvalue weighted by atomic mass is 10.2. The third kappa shape index (κ3) is 2.40. The van der Waals surface area contributed by atoms with Crippen LogP contribution in [0.15, 0.2) is 51.5 Å². The molecule has 0 bridgehead atoms. The quantitative estimate of drug-likeness (QED) is 0.501. The van der Waals surface area contributed by atoms with Crippen LogP contribution in [0.5, 0.6) is 0 Å². The van der Waals surface area contributed by atoms with Crippen LogP contribution < -0.4 is 0 Å². The highest BCUT2D eigenvalue weighted by atomic mass is 79.9. The summed E-state index contributed by atoms with van der Waals surface area (Å²) >= 11 is 6.49. The van der Waals surface area contributed by atoms with Gasteiger partial charge in [0.2, 0.25) is 0 Å². The first-order valence-electron chi connectivity index (χ1n) is 5.93. The van der Waals surface area contributed by atoms with Gasteiger partial charge in [-0.3, -0.25) is 0 Å². The summed E-state index contributed by atoms with van der Waals surface area (Å²) in [4.78, 5) is 0. The highest BCUT2D eigenvalue weighted by Gasteiger charge is 2.13. The van der Waals surface area contributed by atoms with E-state index in [0.717, 1.165) is 15.4 Å². The largest absolute Gasteiger partial charge is 0.343 e. The fourth-order valence-electron chi connectivity index (χ4n) is 2.19. The van der Waals surface area contributed by atoms with Crippen molar-refractivity contribution in [2.45, 2.75) is 6.54 Å². The molecule has 0 aliphatic carbocycles. The predicted octanol–water partition coefficient (Wildman–Crippen LogP) is 5.49. The highest BCUT2D eigenvalue weighted by Crippen LogP contribution is 2.25. The van der Waals surface area contributed by atoms with Crippen molar-refractivity contribution in [3.05, 3.63) is 68.7 Å². The second-order valence-electron chi connectivity index (χ2n) is 4.47. The van der Waals surface area contributed by atoms with Crippen LogP contribution in [-0.2, 0) is 6.54 Å². The van der Waals surface area contributed by atoms with E-state index >= 15 is 0 Å². The van der Waals surface area contributed by atoms with Gasteiger partial charge in [0.25, 0.3) is 0 Å². The fourth-order valence-corrected chi connectivity index (χ4v) is 2.94. The van der Waals surface area contributed by atoms with Gasteiger partial charge in [-0.2, -0.15) is 0 Å². The van der Waals surface area contributed by atoms with E-state index in [1.807, 2.05) is 35.0 Å². The number of aromatic nitrogens is 1. The SMILES string of the molecule is Fc1ccc(Br)c(F)c1Cn1ccc2cc(Br)ccc21. The minimum atomic E-state index is -0.552. The molecule has 0 N–H and O–H groups in total. The first-order chi connectivity index (χ1) is 9.56. The number of benzene rings is 2.